The molecule has 0 aromatic carbocycles. The van der Waals surface area contributed by atoms with Crippen LogP contribution in [0.15, 0.2) is 11.6 Å². The second kappa shape index (κ2) is 6.66. The maximum atomic E-state index is 11.7. The number of rotatable bonds is 0. The Hall–Kier alpha value is -0.340. The molecular formula is C30H50O2. The number of aliphatic hydroxyl groups is 2. The third-order valence-electron chi connectivity index (χ3n) is 13.1. The zero-order chi connectivity index (χ0) is 23.5. The molecule has 0 aromatic rings. The molecule has 0 heterocycles. The van der Waals surface area contributed by atoms with Crippen LogP contribution in [0.4, 0.5) is 0 Å². The fourth-order valence-electron chi connectivity index (χ4n) is 10.7. The normalized spacial score (nSPS) is 56.2. The number of allylic oxidation sites excluding steroid dienone is 1. The average Bonchev–Trinajstić information content (AvgIpc) is 2.68. The van der Waals surface area contributed by atoms with Gasteiger partial charge in [-0.1, -0.05) is 67.0 Å². The van der Waals surface area contributed by atoms with Crippen molar-refractivity contribution in [1.82, 2.24) is 0 Å². The molecule has 0 amide bonds. The van der Waals surface area contributed by atoms with Crippen LogP contribution in [0, 0.1) is 50.2 Å². The first kappa shape index (κ1) is 23.4. The summed E-state index contributed by atoms with van der Waals surface area (Å²) in [6, 6.07) is 0. The number of hydrogen-bond acceptors (Lipinski definition) is 2. The minimum atomic E-state index is -0.225. The molecule has 5 rings (SSSR count). The van der Waals surface area contributed by atoms with Gasteiger partial charge in [-0.25, -0.2) is 0 Å². The van der Waals surface area contributed by atoms with E-state index in [2.05, 4.69) is 61.5 Å². The summed E-state index contributed by atoms with van der Waals surface area (Å²) in [5.41, 5.74) is 2.55. The van der Waals surface area contributed by atoms with Gasteiger partial charge in [0.15, 0.2) is 0 Å². The molecule has 182 valence electrons. The van der Waals surface area contributed by atoms with Gasteiger partial charge < -0.3 is 10.2 Å². The maximum Gasteiger partial charge on any atom is 0.0636 e. The summed E-state index contributed by atoms with van der Waals surface area (Å²) in [5.74, 6) is 1.90. The molecule has 9 atom stereocenters. The summed E-state index contributed by atoms with van der Waals surface area (Å²) in [7, 11) is 0. The fraction of sp³-hybridized carbons (Fsp3) is 0.933. The Morgan fingerprint density at radius 1 is 0.688 bits per heavy atom. The SMILES string of the molecule is CC1(C)C=C2[C@@H]3CC[C@@H]4[C@@]5(C)CC[C@H](O)C(C)(C)[C@H]5CC[C@@]4(C)[C@]3(C)C[C@H](O)[C@@]2(C)CC1. The molecule has 0 spiro atoms. The number of hydrogen-bond donors (Lipinski definition) is 2. The fourth-order valence-corrected chi connectivity index (χ4v) is 10.7. The lowest BCUT2D eigenvalue weighted by molar-refractivity contribution is -0.238. The van der Waals surface area contributed by atoms with Crippen molar-refractivity contribution in [1.29, 1.82) is 0 Å². The van der Waals surface area contributed by atoms with Gasteiger partial charge in [-0.05, 0) is 103 Å². The monoisotopic (exact) mass is 442 g/mol. The molecule has 5 aliphatic rings. The third-order valence-corrected chi connectivity index (χ3v) is 13.1. The highest BCUT2D eigenvalue weighted by atomic mass is 16.3. The Labute approximate surface area is 197 Å². The Kier molecular flexibility index (Phi) is 4.87. The van der Waals surface area contributed by atoms with E-state index in [9.17, 15) is 10.2 Å². The molecule has 2 nitrogen and oxygen atoms in total. The second-order valence-corrected chi connectivity index (χ2v) is 15.2. The molecule has 0 unspecified atom stereocenters. The van der Waals surface area contributed by atoms with Gasteiger partial charge in [-0.15, -0.1) is 0 Å². The molecule has 0 aromatic heterocycles. The van der Waals surface area contributed by atoms with Crippen molar-refractivity contribution < 1.29 is 10.2 Å². The summed E-state index contributed by atoms with van der Waals surface area (Å²) < 4.78 is 0. The molecule has 5 aliphatic carbocycles. The van der Waals surface area contributed by atoms with Gasteiger partial charge in [-0.2, -0.15) is 0 Å². The predicted molar refractivity (Wildman–Crippen MR) is 132 cm³/mol. The molecule has 4 saturated carbocycles. The number of fused-ring (bicyclic) bond motifs is 7. The van der Waals surface area contributed by atoms with Crippen LogP contribution in [0.5, 0.6) is 0 Å². The Bertz CT molecular complexity index is 825. The van der Waals surface area contributed by atoms with Gasteiger partial charge in [0.2, 0.25) is 0 Å². The van der Waals surface area contributed by atoms with E-state index in [1.54, 1.807) is 5.57 Å². The highest BCUT2D eigenvalue weighted by molar-refractivity contribution is 5.33. The molecule has 0 radical (unpaired) electrons. The second-order valence-electron chi connectivity index (χ2n) is 15.2. The summed E-state index contributed by atoms with van der Waals surface area (Å²) in [4.78, 5) is 0. The topological polar surface area (TPSA) is 40.5 Å². The van der Waals surface area contributed by atoms with Gasteiger partial charge in [-0.3, -0.25) is 0 Å². The Morgan fingerprint density at radius 3 is 2.06 bits per heavy atom. The van der Waals surface area contributed by atoms with Crippen LogP contribution in [-0.2, 0) is 0 Å². The van der Waals surface area contributed by atoms with E-state index in [0.29, 0.717) is 23.2 Å². The smallest absolute Gasteiger partial charge is 0.0636 e. The number of aliphatic hydroxyl groups excluding tert-OH is 2. The van der Waals surface area contributed by atoms with Crippen molar-refractivity contribution >= 4 is 0 Å². The average molecular weight is 443 g/mol. The van der Waals surface area contributed by atoms with Gasteiger partial charge in [0, 0.05) is 5.41 Å². The van der Waals surface area contributed by atoms with E-state index in [1.807, 2.05) is 0 Å². The quantitative estimate of drug-likeness (QED) is 0.391. The first-order valence-corrected chi connectivity index (χ1v) is 13.7. The third kappa shape index (κ3) is 2.72. The first-order chi connectivity index (χ1) is 14.6. The van der Waals surface area contributed by atoms with Gasteiger partial charge >= 0.3 is 0 Å². The van der Waals surface area contributed by atoms with E-state index in [4.69, 9.17) is 0 Å². The molecular weight excluding hydrogens is 392 g/mol. The molecule has 0 aliphatic heterocycles. The molecule has 4 fully saturated rings. The van der Waals surface area contributed by atoms with E-state index >= 15 is 0 Å². The summed E-state index contributed by atoms with van der Waals surface area (Å²) in [5, 5.41) is 22.6. The molecule has 0 bridgehead atoms. The molecule has 32 heavy (non-hydrogen) atoms. The van der Waals surface area contributed by atoms with Crippen LogP contribution in [0.3, 0.4) is 0 Å². The minimum absolute atomic E-state index is 0.00660. The molecule has 2 N–H and O–H groups in total. The van der Waals surface area contributed by atoms with Crippen LogP contribution in [0.25, 0.3) is 0 Å². The Morgan fingerprint density at radius 2 is 1.38 bits per heavy atom. The highest BCUT2D eigenvalue weighted by Gasteiger charge is 2.69. The molecule has 2 heteroatoms. The van der Waals surface area contributed by atoms with Gasteiger partial charge in [0.1, 0.15) is 0 Å². The van der Waals surface area contributed by atoms with Crippen LogP contribution >= 0.6 is 0 Å². The molecule has 0 saturated heterocycles. The van der Waals surface area contributed by atoms with Crippen molar-refractivity contribution in [2.24, 2.45) is 50.2 Å². The maximum absolute atomic E-state index is 11.7. The van der Waals surface area contributed by atoms with Crippen molar-refractivity contribution in [3.8, 4) is 0 Å². The van der Waals surface area contributed by atoms with E-state index < -0.39 is 0 Å². The first-order valence-electron chi connectivity index (χ1n) is 13.7. The van der Waals surface area contributed by atoms with E-state index in [0.717, 1.165) is 19.3 Å². The summed E-state index contributed by atoms with van der Waals surface area (Å²) in [6.45, 7) is 19.6. The van der Waals surface area contributed by atoms with Crippen molar-refractivity contribution in [3.63, 3.8) is 0 Å². The summed E-state index contributed by atoms with van der Waals surface area (Å²) in [6.07, 6.45) is 12.7. The van der Waals surface area contributed by atoms with Gasteiger partial charge in [0.05, 0.1) is 12.2 Å². The minimum Gasteiger partial charge on any atom is -0.393 e. The van der Waals surface area contributed by atoms with Crippen LogP contribution in [0.1, 0.15) is 113 Å². The van der Waals surface area contributed by atoms with E-state index in [-0.39, 0.29) is 39.3 Å². The van der Waals surface area contributed by atoms with Crippen LogP contribution in [-0.4, -0.2) is 22.4 Å². The van der Waals surface area contributed by atoms with E-state index in [1.165, 1.54) is 38.5 Å². The lowest BCUT2D eigenvalue weighted by atomic mass is 9.32. The van der Waals surface area contributed by atoms with Crippen molar-refractivity contribution in [3.05, 3.63) is 11.6 Å². The largest absolute Gasteiger partial charge is 0.393 e. The van der Waals surface area contributed by atoms with Crippen LogP contribution in [0.2, 0.25) is 0 Å². The lowest BCUT2D eigenvalue weighted by Crippen LogP contribution is -2.67. The van der Waals surface area contributed by atoms with Crippen molar-refractivity contribution in [2.75, 3.05) is 0 Å². The summed E-state index contributed by atoms with van der Waals surface area (Å²) >= 11 is 0. The van der Waals surface area contributed by atoms with Gasteiger partial charge in [0.25, 0.3) is 0 Å². The highest BCUT2D eigenvalue weighted by Crippen LogP contribution is 2.76. The standard InChI is InChI=1S/C30H50O2/c1-25(2)15-16-27(5)20(17-25)19-9-10-22-28(6)13-12-23(31)26(3,4)21(28)11-14-29(22,7)30(19,8)18-24(27)32/h17,19,21-24,31-32H,9-16,18H2,1-8H3/t19-,21+,22+,23-,24-,27-,28-,29+,30+/m0/s1. The zero-order valence-electron chi connectivity index (χ0n) is 22.2. The van der Waals surface area contributed by atoms with Crippen LogP contribution < -0.4 is 0 Å². The predicted octanol–water partition coefficient (Wildman–Crippen LogP) is 7.14. The zero-order valence-corrected chi connectivity index (χ0v) is 22.2. The lowest BCUT2D eigenvalue weighted by Gasteiger charge is -2.73. The van der Waals surface area contributed by atoms with Crippen molar-refractivity contribution in [2.45, 2.75) is 125 Å². The Balaban J connectivity index is 1.59.